The van der Waals surface area contributed by atoms with Crippen LogP contribution in [0.25, 0.3) is 11.5 Å². The predicted molar refractivity (Wildman–Crippen MR) is 129 cm³/mol. The van der Waals surface area contributed by atoms with Crippen molar-refractivity contribution in [2.75, 3.05) is 11.9 Å². The van der Waals surface area contributed by atoms with Crippen molar-refractivity contribution in [2.45, 2.75) is 17.7 Å². The summed E-state index contributed by atoms with van der Waals surface area (Å²) in [7, 11) is -3.83. The van der Waals surface area contributed by atoms with Gasteiger partial charge in [-0.15, -0.1) is 0 Å². The monoisotopic (exact) mass is 492 g/mol. The van der Waals surface area contributed by atoms with Crippen molar-refractivity contribution in [3.63, 3.8) is 0 Å². The van der Waals surface area contributed by atoms with Gasteiger partial charge in [0.25, 0.3) is 15.9 Å². The molecule has 0 aliphatic carbocycles. The van der Waals surface area contributed by atoms with Crippen molar-refractivity contribution in [1.82, 2.24) is 19.1 Å². The van der Waals surface area contributed by atoms with Crippen LogP contribution in [0, 0.1) is 5.82 Å². The fourth-order valence-corrected chi connectivity index (χ4v) is 4.91. The lowest BCUT2D eigenvalue weighted by atomic mass is 10.2. The molecule has 2 N–H and O–H groups in total. The second-order valence-corrected chi connectivity index (χ2v) is 9.56. The number of benzene rings is 2. The molecule has 3 heterocycles. The molecule has 2 aromatic carbocycles. The van der Waals surface area contributed by atoms with Crippen LogP contribution in [0.15, 0.2) is 89.1 Å². The van der Waals surface area contributed by atoms with Crippen LogP contribution in [0.2, 0.25) is 0 Å². The van der Waals surface area contributed by atoms with Gasteiger partial charge in [-0.1, -0.05) is 6.07 Å². The van der Waals surface area contributed by atoms with Crippen molar-refractivity contribution in [1.29, 1.82) is 0 Å². The first-order valence-electron chi connectivity index (χ1n) is 10.9. The lowest BCUT2D eigenvalue weighted by molar-refractivity contribution is 0.102. The molecule has 0 atom stereocenters. The minimum Gasteiger partial charge on any atom is -0.322 e. The van der Waals surface area contributed by atoms with Crippen LogP contribution >= 0.6 is 0 Å². The Hall–Kier alpha value is -4.25. The summed E-state index contributed by atoms with van der Waals surface area (Å²) in [6.07, 6.45) is 6.32. The van der Waals surface area contributed by atoms with E-state index in [9.17, 15) is 17.6 Å². The highest BCUT2D eigenvalue weighted by Crippen LogP contribution is 2.22. The molecule has 35 heavy (non-hydrogen) atoms. The standard InChI is InChI=1S/C24H21FN6O3S/c25-17-8-10-19(11-9-17)31-24(30-13-1-2-14-30)21(16-27-31)23(32)28-18-5-3-6-20(15-18)35(33,34)29-22-7-4-12-26-22/h1-3,5-6,8-11,13-16H,4,7,12H2,(H,26,29)(H,28,32). The van der Waals surface area contributed by atoms with Crippen LogP contribution in [0.4, 0.5) is 10.1 Å². The number of nitrogens with one attached hydrogen (secondary N) is 2. The molecule has 0 saturated heterocycles. The molecule has 1 amide bonds. The average Bonchev–Trinajstić information content (AvgIpc) is 3.61. The molecular formula is C24H21FN6O3S. The number of halogens is 1. The third kappa shape index (κ3) is 4.71. The summed E-state index contributed by atoms with van der Waals surface area (Å²) < 4.78 is 44.7. The average molecular weight is 493 g/mol. The molecule has 9 nitrogen and oxygen atoms in total. The second kappa shape index (κ2) is 9.18. The number of rotatable bonds is 6. The highest BCUT2D eigenvalue weighted by atomic mass is 32.2. The molecular weight excluding hydrogens is 471 g/mol. The van der Waals surface area contributed by atoms with E-state index in [0.717, 1.165) is 6.42 Å². The Balaban J connectivity index is 1.45. The van der Waals surface area contributed by atoms with Crippen LogP contribution in [-0.2, 0) is 10.0 Å². The van der Waals surface area contributed by atoms with Crippen LogP contribution in [0.3, 0.4) is 0 Å². The van der Waals surface area contributed by atoms with Gasteiger partial charge in [0.15, 0.2) is 5.82 Å². The van der Waals surface area contributed by atoms with E-state index in [2.05, 4.69) is 20.1 Å². The van der Waals surface area contributed by atoms with Crippen molar-refractivity contribution in [3.05, 3.63) is 90.6 Å². The fraction of sp³-hybridized carbons (Fsp3) is 0.125. The molecule has 0 fully saturated rings. The van der Waals surface area contributed by atoms with Crippen LogP contribution in [0.1, 0.15) is 23.2 Å². The van der Waals surface area contributed by atoms with Gasteiger partial charge in [0.2, 0.25) is 0 Å². The first kappa shape index (κ1) is 22.5. The maximum Gasteiger partial charge on any atom is 0.262 e. The van der Waals surface area contributed by atoms with Gasteiger partial charge in [-0.05, 0) is 61.0 Å². The highest BCUT2D eigenvalue weighted by molar-refractivity contribution is 7.90. The molecule has 2 aromatic heterocycles. The Bertz CT molecular complexity index is 1510. The van der Waals surface area contributed by atoms with E-state index in [1.165, 1.54) is 35.1 Å². The van der Waals surface area contributed by atoms with Crippen molar-refractivity contribution in [3.8, 4) is 11.5 Å². The number of nitrogens with zero attached hydrogens (tertiary/aromatic N) is 4. The number of aliphatic imine (C=N–C) groups is 1. The molecule has 0 radical (unpaired) electrons. The number of sulfonamides is 1. The van der Waals surface area contributed by atoms with Crippen LogP contribution in [-0.4, -0.2) is 41.1 Å². The van der Waals surface area contributed by atoms with Gasteiger partial charge in [-0.2, -0.15) is 5.10 Å². The topological polar surface area (TPSA) is 110 Å². The molecule has 11 heteroatoms. The summed E-state index contributed by atoms with van der Waals surface area (Å²) in [5.74, 6) is 0.0169. The SMILES string of the molecule is O=C(Nc1cccc(S(=O)(=O)NC2=NCCC2)c1)c1cnn(-c2ccc(F)cc2)c1-n1cccc1. The Morgan fingerprint density at radius 1 is 1.03 bits per heavy atom. The van der Waals surface area contributed by atoms with E-state index in [1.54, 1.807) is 53.4 Å². The van der Waals surface area contributed by atoms with Gasteiger partial charge >= 0.3 is 0 Å². The lowest BCUT2D eigenvalue weighted by Crippen LogP contribution is -2.29. The highest BCUT2D eigenvalue weighted by Gasteiger charge is 2.22. The molecule has 1 aliphatic rings. The summed E-state index contributed by atoms with van der Waals surface area (Å²) in [6.45, 7) is 0.600. The fourth-order valence-electron chi connectivity index (χ4n) is 3.77. The van der Waals surface area contributed by atoms with Crippen LogP contribution < -0.4 is 10.0 Å². The second-order valence-electron chi connectivity index (χ2n) is 7.88. The Labute approximate surface area is 201 Å². The zero-order valence-electron chi connectivity index (χ0n) is 18.4. The Morgan fingerprint density at radius 3 is 2.51 bits per heavy atom. The van der Waals surface area contributed by atoms with E-state index in [0.29, 0.717) is 36.0 Å². The van der Waals surface area contributed by atoms with Gasteiger partial charge in [0.05, 0.1) is 16.8 Å². The summed E-state index contributed by atoms with van der Waals surface area (Å²) in [6, 6.07) is 15.3. The number of carbonyl (C=O) groups is 1. The van der Waals surface area contributed by atoms with Gasteiger partial charge in [0, 0.05) is 31.0 Å². The lowest BCUT2D eigenvalue weighted by Gasteiger charge is -2.12. The van der Waals surface area contributed by atoms with Gasteiger partial charge in [0.1, 0.15) is 17.2 Å². The normalized spacial score (nSPS) is 13.5. The summed E-state index contributed by atoms with van der Waals surface area (Å²) in [4.78, 5) is 17.4. The zero-order valence-corrected chi connectivity index (χ0v) is 19.2. The van der Waals surface area contributed by atoms with Gasteiger partial charge in [-0.25, -0.2) is 17.5 Å². The molecule has 178 valence electrons. The van der Waals surface area contributed by atoms with Crippen molar-refractivity contribution in [2.24, 2.45) is 4.99 Å². The number of amides is 1. The third-order valence-corrected chi connectivity index (χ3v) is 6.82. The summed E-state index contributed by atoms with van der Waals surface area (Å²) in [5.41, 5.74) is 1.12. The maximum atomic E-state index is 13.4. The van der Waals surface area contributed by atoms with E-state index in [-0.39, 0.29) is 16.3 Å². The first-order valence-corrected chi connectivity index (χ1v) is 12.3. The minimum atomic E-state index is -3.83. The number of carbonyl (C=O) groups excluding carboxylic acids is 1. The Morgan fingerprint density at radius 2 is 1.80 bits per heavy atom. The van der Waals surface area contributed by atoms with Gasteiger partial charge in [-0.3, -0.25) is 14.5 Å². The third-order valence-electron chi connectivity index (χ3n) is 5.44. The van der Waals surface area contributed by atoms with E-state index in [1.807, 2.05) is 0 Å². The summed E-state index contributed by atoms with van der Waals surface area (Å²) in [5, 5.41) is 7.09. The molecule has 5 rings (SSSR count). The number of aromatic nitrogens is 3. The minimum absolute atomic E-state index is 0.0116. The smallest absolute Gasteiger partial charge is 0.262 e. The number of hydrogen-bond acceptors (Lipinski definition) is 5. The van der Waals surface area contributed by atoms with Crippen molar-refractivity contribution >= 4 is 27.5 Å². The largest absolute Gasteiger partial charge is 0.322 e. The number of anilines is 1. The maximum absolute atomic E-state index is 13.4. The Kier molecular flexibility index (Phi) is 5.91. The van der Waals surface area contributed by atoms with Crippen LogP contribution in [0.5, 0.6) is 0 Å². The number of amidine groups is 1. The molecule has 0 saturated carbocycles. The first-order chi connectivity index (χ1) is 16.9. The summed E-state index contributed by atoms with van der Waals surface area (Å²) >= 11 is 0. The molecule has 0 unspecified atom stereocenters. The van der Waals surface area contributed by atoms with E-state index in [4.69, 9.17) is 0 Å². The predicted octanol–water partition coefficient (Wildman–Crippen LogP) is 3.53. The molecule has 0 bridgehead atoms. The zero-order chi connectivity index (χ0) is 24.4. The van der Waals surface area contributed by atoms with E-state index >= 15 is 0 Å². The quantitative estimate of drug-likeness (QED) is 0.429. The molecule has 4 aromatic rings. The van der Waals surface area contributed by atoms with E-state index < -0.39 is 15.9 Å². The van der Waals surface area contributed by atoms with Gasteiger partial charge < -0.3 is 9.88 Å². The molecule has 1 aliphatic heterocycles. The molecule has 0 spiro atoms. The van der Waals surface area contributed by atoms with Crippen molar-refractivity contribution < 1.29 is 17.6 Å². The number of hydrogen-bond donors (Lipinski definition) is 2.